The average Bonchev–Trinajstić information content (AvgIpc) is 4.14. The first kappa shape index (κ1) is 44.7. The van der Waals surface area contributed by atoms with Crippen LogP contribution < -0.4 is 28.5 Å². The Hall–Kier alpha value is -5.77. The molecule has 1 saturated heterocycles. The van der Waals surface area contributed by atoms with Gasteiger partial charge in [0.25, 0.3) is 11.7 Å². The summed E-state index contributed by atoms with van der Waals surface area (Å²) in [6, 6.07) is 35.7. The van der Waals surface area contributed by atoms with Crippen LogP contribution in [0.4, 0.5) is 17.1 Å². The van der Waals surface area contributed by atoms with Gasteiger partial charge in [-0.3, -0.25) is 9.45 Å². The van der Waals surface area contributed by atoms with Crippen molar-refractivity contribution in [3.8, 4) is 11.5 Å². The van der Waals surface area contributed by atoms with Gasteiger partial charge < -0.3 is 13.9 Å². The zero-order valence-corrected chi connectivity index (χ0v) is 40.7. The number of quaternary nitrogens is 1. The normalized spacial score (nSPS) is 21.4. The van der Waals surface area contributed by atoms with Crippen LogP contribution in [0.3, 0.4) is 0 Å². The molecule has 0 saturated carbocycles. The quantitative estimate of drug-likeness (QED) is 0.0765. The minimum absolute atomic E-state index is 0.0478. The maximum Gasteiger partial charge on any atom is 0.374 e. The highest BCUT2D eigenvalue weighted by Gasteiger charge is 2.60. The van der Waals surface area contributed by atoms with E-state index < -0.39 is 21.7 Å². The fourth-order valence-electron chi connectivity index (χ4n) is 10.1. The van der Waals surface area contributed by atoms with Crippen LogP contribution in [0.2, 0.25) is 10.0 Å². The second-order valence-corrected chi connectivity index (χ2v) is 20.8. The number of thioether (sulfide) groups is 1. The van der Waals surface area contributed by atoms with Gasteiger partial charge in [0.2, 0.25) is 16.8 Å². The lowest BCUT2D eigenvalue weighted by molar-refractivity contribution is -0.674. The van der Waals surface area contributed by atoms with Crippen molar-refractivity contribution in [1.82, 2.24) is 4.48 Å². The Labute approximate surface area is 409 Å². The lowest BCUT2D eigenvalue weighted by Crippen LogP contribution is -2.60. The molecule has 1 aromatic heterocycles. The maximum absolute atomic E-state index is 13.2. The van der Waals surface area contributed by atoms with E-state index in [2.05, 4.69) is 48.8 Å². The summed E-state index contributed by atoms with van der Waals surface area (Å²) in [4.78, 5) is 9.91. The highest BCUT2D eigenvalue weighted by atomic mass is 35.5. The number of aryl methyl sites for hydroxylation is 1. The summed E-state index contributed by atoms with van der Waals surface area (Å²) in [5.41, 5.74) is 5.94. The Kier molecular flexibility index (Phi) is 11.6. The van der Waals surface area contributed by atoms with Crippen molar-refractivity contribution in [2.75, 3.05) is 23.2 Å². The van der Waals surface area contributed by atoms with Crippen molar-refractivity contribution in [3.05, 3.63) is 165 Å². The molecule has 346 valence electrons. The number of nitrogens with zero attached hydrogens (tertiary/aromatic N) is 4. The molecular weight excluding hydrogens is 940 g/mol. The maximum atomic E-state index is 13.2. The van der Waals surface area contributed by atoms with Crippen molar-refractivity contribution in [2.45, 2.75) is 69.5 Å². The Morgan fingerprint density at radius 1 is 0.853 bits per heavy atom. The standard InChI is InChI=1S/C53H47Cl2N4O7S2/c1-4-33(22-49-56(6-3)42-30-39(54)17-19-45(42)64-49)24-51-58(43-31-40(55)18-20-48(43)67-51)63-32-57-41-26-35-12-7-9-14-37(35)28-46(41)65-50(57)23-34(5-2)25-52-59(21-11-16-53(59)68(60,61)62)44-27-36-13-8-10-15-38(36)29-47(44)66-52/h7-10,12-15,17-20,22-31,52-53H,4-6,11,16,21,32H2,1-3H3/q+1/p+1. The molecule has 68 heavy (non-hydrogen) atoms. The molecule has 1 fully saturated rings. The first-order valence-corrected chi connectivity index (χ1v) is 25.9. The summed E-state index contributed by atoms with van der Waals surface area (Å²) in [5, 5.41) is 6.83. The molecule has 4 aliphatic heterocycles. The van der Waals surface area contributed by atoms with Crippen molar-refractivity contribution < 1.29 is 36.3 Å². The molecule has 7 aromatic rings. The Morgan fingerprint density at radius 3 is 2.26 bits per heavy atom. The molecule has 0 radical (unpaired) electrons. The Balaban J connectivity index is 0.976. The number of anilines is 2. The van der Waals surface area contributed by atoms with Crippen LogP contribution in [0, 0.1) is 0 Å². The van der Waals surface area contributed by atoms with Crippen molar-refractivity contribution in [1.29, 1.82) is 0 Å². The molecule has 6 aromatic carbocycles. The number of hydrogen-bond donors (Lipinski definition) is 1. The molecule has 1 N–H and O–H groups in total. The minimum atomic E-state index is -4.47. The highest BCUT2D eigenvalue weighted by molar-refractivity contribution is 8.03. The number of fused-ring (bicyclic) bond motifs is 7. The zero-order valence-electron chi connectivity index (χ0n) is 37.6. The largest absolute Gasteiger partial charge is 0.439 e. The molecule has 11 rings (SSSR count). The van der Waals surface area contributed by atoms with Crippen molar-refractivity contribution in [2.24, 2.45) is 0 Å². The topological polar surface area (TPSA) is 106 Å². The van der Waals surface area contributed by atoms with E-state index in [1.807, 2.05) is 120 Å². The number of rotatable bonds is 11. The number of hydrogen-bond acceptors (Lipinski definition) is 9. The van der Waals surface area contributed by atoms with Gasteiger partial charge in [-0.2, -0.15) is 13.0 Å². The Bertz CT molecular complexity index is 3440. The van der Waals surface area contributed by atoms with E-state index in [0.29, 0.717) is 72.1 Å². The molecule has 4 aliphatic rings. The van der Waals surface area contributed by atoms with Gasteiger partial charge in [0.1, 0.15) is 11.6 Å². The Morgan fingerprint density at radius 2 is 1.54 bits per heavy atom. The minimum Gasteiger partial charge on any atom is -0.439 e. The third-order valence-electron chi connectivity index (χ3n) is 13.4. The molecule has 1 spiro atoms. The van der Waals surface area contributed by atoms with Gasteiger partial charge in [0.05, 0.1) is 24.0 Å². The van der Waals surface area contributed by atoms with Crippen LogP contribution >= 0.6 is 35.0 Å². The lowest BCUT2D eigenvalue weighted by atomic mass is 10.1. The molecular formula is C53H48Cl2N4O7S2+2. The fourth-order valence-corrected chi connectivity index (χ4v) is 12.7. The van der Waals surface area contributed by atoms with Crippen molar-refractivity contribution >= 4 is 101 Å². The first-order chi connectivity index (χ1) is 32.9. The van der Waals surface area contributed by atoms with Crippen LogP contribution in [-0.2, 0) is 21.5 Å². The fraction of sp³-hybridized carbons (Fsp3) is 0.226. The molecule has 0 aliphatic carbocycles. The number of benzene rings is 6. The number of allylic oxidation sites excluding steroid dienone is 4. The number of aromatic nitrogens is 1. The third kappa shape index (κ3) is 7.83. The SMILES string of the molecule is CCC(=Cc1oc2ccc(Cl)cc2[n+]1CC)C=C1Sc2ccc(Cl)cc2N1OCN1C(=CC(=CC2Oc3cc4ccccc4cc3[N+]23CCCC3S(=O)(=O)O)CC)Oc2cc3ccccc3cc21. The molecule has 0 amide bonds. The number of oxazole rings is 1. The van der Waals surface area contributed by atoms with E-state index in [9.17, 15) is 13.0 Å². The second kappa shape index (κ2) is 17.6. The molecule has 11 nitrogen and oxygen atoms in total. The van der Waals surface area contributed by atoms with Crippen LogP contribution in [0.15, 0.2) is 159 Å². The van der Waals surface area contributed by atoms with Gasteiger partial charge >= 0.3 is 16.0 Å². The summed E-state index contributed by atoms with van der Waals surface area (Å²) in [6.45, 7) is 7.47. The predicted molar refractivity (Wildman–Crippen MR) is 272 cm³/mol. The zero-order chi connectivity index (χ0) is 46.9. The smallest absolute Gasteiger partial charge is 0.374 e. The first-order valence-electron chi connectivity index (χ1n) is 22.8. The van der Waals surface area contributed by atoms with E-state index in [4.69, 9.17) is 41.9 Å². The summed E-state index contributed by atoms with van der Waals surface area (Å²) in [7, 11) is -4.47. The molecule has 3 atom stereocenters. The monoisotopic (exact) mass is 986 g/mol. The molecule has 3 unspecified atom stereocenters. The summed E-state index contributed by atoms with van der Waals surface area (Å²) in [6.07, 6.45) is 9.62. The van der Waals surface area contributed by atoms with E-state index >= 15 is 0 Å². The van der Waals surface area contributed by atoms with E-state index in [-0.39, 0.29) is 11.2 Å². The summed E-state index contributed by atoms with van der Waals surface area (Å²) < 4.78 is 59.2. The van der Waals surface area contributed by atoms with Crippen LogP contribution in [0.25, 0.3) is 38.7 Å². The number of halogens is 2. The van der Waals surface area contributed by atoms with E-state index in [1.165, 1.54) is 0 Å². The molecule has 5 heterocycles. The van der Waals surface area contributed by atoms with Crippen molar-refractivity contribution in [3.63, 3.8) is 0 Å². The predicted octanol–water partition coefficient (Wildman–Crippen LogP) is 13.3. The lowest BCUT2D eigenvalue weighted by Gasteiger charge is -2.36. The van der Waals surface area contributed by atoms with Gasteiger partial charge in [-0.25, -0.2) is 14.4 Å². The van der Waals surface area contributed by atoms with Gasteiger partial charge in [0, 0.05) is 52.1 Å². The molecule has 15 heteroatoms. The summed E-state index contributed by atoms with van der Waals surface area (Å²) in [5.74, 6) is 2.52. The summed E-state index contributed by atoms with van der Waals surface area (Å²) >= 11 is 14.6. The number of hydroxylamine groups is 1. The number of ether oxygens (including phenoxy) is 2. The van der Waals surface area contributed by atoms with Crippen LogP contribution in [0.5, 0.6) is 11.5 Å². The van der Waals surface area contributed by atoms with E-state index in [1.54, 1.807) is 11.8 Å². The average molecular weight is 988 g/mol. The third-order valence-corrected chi connectivity index (χ3v) is 16.2. The van der Waals surface area contributed by atoms with E-state index in [0.717, 1.165) is 70.8 Å². The van der Waals surface area contributed by atoms with Crippen LogP contribution in [0.1, 0.15) is 52.3 Å². The van der Waals surface area contributed by atoms with Gasteiger partial charge in [0.15, 0.2) is 23.9 Å². The van der Waals surface area contributed by atoms with Gasteiger partial charge in [-0.15, -0.1) is 0 Å². The highest BCUT2D eigenvalue weighted by Crippen LogP contribution is 2.53. The van der Waals surface area contributed by atoms with Gasteiger partial charge in [-0.1, -0.05) is 97.3 Å². The molecule has 0 bridgehead atoms. The van der Waals surface area contributed by atoms with Gasteiger partial charge in [-0.05, 0) is 107 Å². The second-order valence-electron chi connectivity index (χ2n) is 17.3. The van der Waals surface area contributed by atoms with Crippen LogP contribution in [-0.4, -0.2) is 37.8 Å².